The van der Waals surface area contributed by atoms with E-state index in [1.54, 1.807) is 20.8 Å². The van der Waals surface area contributed by atoms with E-state index >= 15 is 0 Å². The van der Waals surface area contributed by atoms with Crippen molar-refractivity contribution in [3.05, 3.63) is 0 Å². The van der Waals surface area contributed by atoms with Gasteiger partial charge in [-0.1, -0.05) is 98.8 Å². The second kappa shape index (κ2) is 31.3. The van der Waals surface area contributed by atoms with Crippen molar-refractivity contribution in [2.75, 3.05) is 59.8 Å². The summed E-state index contributed by atoms with van der Waals surface area (Å²) in [6.07, 6.45) is 14.8. The fraction of sp³-hybridized carbons (Fsp3) is 0.900. The lowest BCUT2D eigenvalue weighted by atomic mass is 9.80. The van der Waals surface area contributed by atoms with Crippen LogP contribution in [0.2, 0.25) is 0 Å². The third kappa shape index (κ3) is 24.6. The fourth-order valence-corrected chi connectivity index (χ4v) is 5.37. The molecule has 300 valence electrons. The van der Waals surface area contributed by atoms with Crippen molar-refractivity contribution in [1.82, 2.24) is 4.90 Å². The number of methoxy groups -OCH3 is 1. The summed E-state index contributed by atoms with van der Waals surface area (Å²) >= 11 is 0. The number of nitrogens with zero attached hydrogens (tertiary/aromatic N) is 1. The minimum atomic E-state index is -1.16. The van der Waals surface area contributed by atoms with Crippen molar-refractivity contribution >= 4 is 23.9 Å². The highest BCUT2D eigenvalue weighted by atomic mass is 16.7. The number of ether oxygens (including phenoxy) is 6. The lowest BCUT2D eigenvalue weighted by Crippen LogP contribution is -2.39. The number of esters is 4. The standard InChI is InChI=1S/C40H75NO10/c1-9-13-15-17-19-21-28-47-37(48-29-22-20-18-16-14-10-2)26-25-36(43)50-31-34(30-49-35(42)24-23-27-41(11-3)12-4)32-51-39(45)40(6,7)33(5)38(44)46-8/h33-34,37H,9-32H2,1-8H3. The van der Waals surface area contributed by atoms with Gasteiger partial charge in [-0.2, -0.15) is 0 Å². The van der Waals surface area contributed by atoms with Crippen LogP contribution in [-0.2, 0) is 47.6 Å². The molecule has 0 aromatic carbocycles. The van der Waals surface area contributed by atoms with E-state index < -0.39 is 41.4 Å². The lowest BCUT2D eigenvalue weighted by molar-refractivity contribution is -0.169. The van der Waals surface area contributed by atoms with E-state index in [2.05, 4.69) is 32.6 Å². The molecule has 2 unspecified atom stereocenters. The highest BCUT2D eigenvalue weighted by Crippen LogP contribution is 2.29. The molecule has 0 aliphatic carbocycles. The first-order valence-corrected chi connectivity index (χ1v) is 20.0. The molecule has 0 aliphatic heterocycles. The molecule has 0 radical (unpaired) electrons. The Morgan fingerprint density at radius 3 is 1.59 bits per heavy atom. The van der Waals surface area contributed by atoms with Crippen molar-refractivity contribution < 1.29 is 47.6 Å². The minimum Gasteiger partial charge on any atom is -0.469 e. The fourth-order valence-electron chi connectivity index (χ4n) is 5.37. The summed E-state index contributed by atoms with van der Waals surface area (Å²) in [5.41, 5.74) is -1.16. The maximum atomic E-state index is 13.0. The number of hydrogen-bond donors (Lipinski definition) is 0. The summed E-state index contributed by atoms with van der Waals surface area (Å²) in [6, 6.07) is 0. The average Bonchev–Trinajstić information content (AvgIpc) is 3.13. The van der Waals surface area contributed by atoms with Gasteiger partial charge in [0.25, 0.3) is 0 Å². The minimum absolute atomic E-state index is 0.0804. The summed E-state index contributed by atoms with van der Waals surface area (Å²) in [7, 11) is 1.27. The molecule has 0 spiro atoms. The van der Waals surface area contributed by atoms with Crippen LogP contribution in [0, 0.1) is 17.3 Å². The molecule has 0 N–H and O–H groups in total. The van der Waals surface area contributed by atoms with Gasteiger partial charge in [-0.15, -0.1) is 0 Å². The van der Waals surface area contributed by atoms with Crippen molar-refractivity contribution in [2.24, 2.45) is 17.3 Å². The van der Waals surface area contributed by atoms with E-state index in [4.69, 9.17) is 28.4 Å². The number of carbonyl (C=O) groups is 4. The zero-order valence-corrected chi connectivity index (χ0v) is 33.7. The number of carbonyl (C=O) groups excluding carboxylic acids is 4. The van der Waals surface area contributed by atoms with Crippen LogP contribution < -0.4 is 0 Å². The molecule has 0 aromatic rings. The van der Waals surface area contributed by atoms with E-state index in [1.165, 1.54) is 58.5 Å². The summed E-state index contributed by atoms with van der Waals surface area (Å²) in [5, 5.41) is 0. The van der Waals surface area contributed by atoms with E-state index in [0.29, 0.717) is 26.1 Å². The Balaban J connectivity index is 5.19. The molecular formula is C40H75NO10. The zero-order valence-electron chi connectivity index (χ0n) is 33.7. The Bertz CT molecular complexity index is 890. The Kier molecular flexibility index (Phi) is 29.9. The van der Waals surface area contributed by atoms with E-state index in [0.717, 1.165) is 45.3 Å². The number of unbranched alkanes of at least 4 members (excludes halogenated alkanes) is 10. The summed E-state index contributed by atoms with van der Waals surface area (Å²) in [6.45, 7) is 16.8. The molecule has 51 heavy (non-hydrogen) atoms. The van der Waals surface area contributed by atoms with E-state index in [9.17, 15) is 19.2 Å². The van der Waals surface area contributed by atoms with Gasteiger partial charge in [-0.3, -0.25) is 19.2 Å². The quantitative estimate of drug-likeness (QED) is 0.0276. The van der Waals surface area contributed by atoms with Gasteiger partial charge < -0.3 is 33.3 Å². The first-order chi connectivity index (χ1) is 24.5. The lowest BCUT2D eigenvalue weighted by Gasteiger charge is -2.28. The third-order valence-corrected chi connectivity index (χ3v) is 9.51. The summed E-state index contributed by atoms with van der Waals surface area (Å²) in [5.74, 6) is -3.25. The van der Waals surface area contributed by atoms with Gasteiger partial charge in [0, 0.05) is 26.1 Å². The largest absolute Gasteiger partial charge is 0.469 e. The van der Waals surface area contributed by atoms with Gasteiger partial charge in [-0.05, 0) is 52.7 Å². The summed E-state index contributed by atoms with van der Waals surface area (Å²) in [4.78, 5) is 52.8. The van der Waals surface area contributed by atoms with Crippen LogP contribution in [0.5, 0.6) is 0 Å². The first-order valence-electron chi connectivity index (χ1n) is 20.0. The van der Waals surface area contributed by atoms with Crippen molar-refractivity contribution in [1.29, 1.82) is 0 Å². The highest BCUT2D eigenvalue weighted by molar-refractivity contribution is 5.84. The molecular weight excluding hydrogens is 654 g/mol. The van der Waals surface area contributed by atoms with Gasteiger partial charge in [0.2, 0.25) is 0 Å². The van der Waals surface area contributed by atoms with Crippen molar-refractivity contribution in [3.63, 3.8) is 0 Å². The number of rotatable bonds is 34. The van der Waals surface area contributed by atoms with Gasteiger partial charge in [-0.25, -0.2) is 0 Å². The van der Waals surface area contributed by atoms with Crippen LogP contribution in [-0.4, -0.2) is 94.8 Å². The Morgan fingerprint density at radius 2 is 1.10 bits per heavy atom. The Morgan fingerprint density at radius 1 is 0.627 bits per heavy atom. The van der Waals surface area contributed by atoms with Gasteiger partial charge in [0.15, 0.2) is 6.29 Å². The molecule has 0 saturated carbocycles. The predicted octanol–water partition coefficient (Wildman–Crippen LogP) is 8.05. The van der Waals surface area contributed by atoms with Crippen LogP contribution in [0.4, 0.5) is 0 Å². The van der Waals surface area contributed by atoms with E-state index in [1.807, 2.05) is 0 Å². The summed E-state index contributed by atoms with van der Waals surface area (Å²) < 4.78 is 33.6. The second-order valence-corrected chi connectivity index (χ2v) is 14.2. The number of hydrogen-bond acceptors (Lipinski definition) is 11. The highest BCUT2D eigenvalue weighted by Gasteiger charge is 2.40. The van der Waals surface area contributed by atoms with E-state index in [-0.39, 0.29) is 38.6 Å². The molecule has 0 fully saturated rings. The SMILES string of the molecule is CCCCCCCCOC(CCC(=O)OCC(COC(=O)CCCN(CC)CC)COC(=O)C(C)(C)C(C)C(=O)OC)OCCCCCCCC. The molecule has 11 heteroatoms. The van der Waals surface area contributed by atoms with Crippen LogP contribution in [0.1, 0.15) is 151 Å². The molecule has 11 nitrogen and oxygen atoms in total. The molecule has 2 atom stereocenters. The predicted molar refractivity (Wildman–Crippen MR) is 200 cm³/mol. The molecule has 0 amide bonds. The topological polar surface area (TPSA) is 127 Å². The maximum Gasteiger partial charge on any atom is 0.312 e. The molecule has 0 aromatic heterocycles. The van der Waals surface area contributed by atoms with Crippen LogP contribution >= 0.6 is 0 Å². The zero-order chi connectivity index (χ0) is 38.3. The second-order valence-electron chi connectivity index (χ2n) is 14.2. The van der Waals surface area contributed by atoms with Crippen molar-refractivity contribution in [2.45, 2.75) is 157 Å². The maximum absolute atomic E-state index is 13.0. The molecule has 0 bridgehead atoms. The van der Waals surface area contributed by atoms with Gasteiger partial charge in [0.1, 0.15) is 19.8 Å². The van der Waals surface area contributed by atoms with Crippen LogP contribution in [0.3, 0.4) is 0 Å². The third-order valence-electron chi connectivity index (χ3n) is 9.51. The Hall–Kier alpha value is -2.24. The smallest absolute Gasteiger partial charge is 0.312 e. The first kappa shape index (κ1) is 48.8. The molecule has 0 heterocycles. The van der Waals surface area contributed by atoms with Gasteiger partial charge in [0.05, 0.1) is 30.8 Å². The molecule has 0 aliphatic rings. The van der Waals surface area contributed by atoms with Crippen molar-refractivity contribution in [3.8, 4) is 0 Å². The van der Waals surface area contributed by atoms with Crippen LogP contribution in [0.15, 0.2) is 0 Å². The average molecular weight is 730 g/mol. The monoisotopic (exact) mass is 730 g/mol. The normalized spacial score (nSPS) is 12.9. The van der Waals surface area contributed by atoms with Crippen LogP contribution in [0.25, 0.3) is 0 Å². The molecule has 0 saturated heterocycles. The van der Waals surface area contributed by atoms with Gasteiger partial charge >= 0.3 is 23.9 Å². The Labute approximate surface area is 310 Å². The molecule has 0 rings (SSSR count).